The summed E-state index contributed by atoms with van der Waals surface area (Å²) in [5.74, 6) is 0.100. The highest BCUT2D eigenvalue weighted by Crippen LogP contribution is 2.39. The molecule has 0 unspecified atom stereocenters. The number of fused-ring (bicyclic) bond motifs is 2. The van der Waals surface area contributed by atoms with Crippen LogP contribution >= 0.6 is 23.1 Å². The molecule has 1 aliphatic carbocycles. The molecule has 2 aromatic carbocycles. The van der Waals surface area contributed by atoms with E-state index in [1.807, 2.05) is 36.4 Å². The third-order valence-corrected chi connectivity index (χ3v) is 8.69. The minimum atomic E-state index is -0.434. The van der Waals surface area contributed by atoms with Gasteiger partial charge in [-0.15, -0.1) is 11.3 Å². The first-order chi connectivity index (χ1) is 18.5. The van der Waals surface area contributed by atoms with Crippen LogP contribution in [0.5, 0.6) is 5.75 Å². The smallest absolute Gasteiger partial charge is 0.341 e. The van der Waals surface area contributed by atoms with Crippen molar-refractivity contribution in [1.82, 2.24) is 9.55 Å². The number of ether oxygens (including phenoxy) is 2. The fraction of sp³-hybridized carbons (Fsp3) is 0.286. The summed E-state index contributed by atoms with van der Waals surface area (Å²) >= 11 is 2.64. The number of carbonyl (C=O) groups is 2. The van der Waals surface area contributed by atoms with Gasteiger partial charge < -0.3 is 14.8 Å². The molecule has 1 N–H and O–H groups in total. The van der Waals surface area contributed by atoms with Crippen molar-refractivity contribution in [2.24, 2.45) is 0 Å². The summed E-state index contributed by atoms with van der Waals surface area (Å²) in [6.45, 7) is 0.414. The van der Waals surface area contributed by atoms with E-state index in [2.05, 4.69) is 5.32 Å². The van der Waals surface area contributed by atoms with Gasteiger partial charge in [0.25, 0.3) is 5.56 Å². The van der Waals surface area contributed by atoms with Crippen molar-refractivity contribution in [2.45, 2.75) is 37.4 Å². The molecule has 4 aromatic rings. The van der Waals surface area contributed by atoms with Crippen molar-refractivity contribution in [3.63, 3.8) is 0 Å². The average Bonchev–Trinajstić information content (AvgIpc) is 3.52. The molecule has 0 saturated heterocycles. The average molecular weight is 550 g/mol. The first-order valence-corrected chi connectivity index (χ1v) is 14.1. The zero-order valence-corrected chi connectivity index (χ0v) is 22.7. The number of hydrogen-bond acceptors (Lipinski definition) is 8. The number of methoxy groups -OCH3 is 2. The Labute approximate surface area is 228 Å². The fourth-order valence-corrected chi connectivity index (χ4v) is 6.71. The maximum atomic E-state index is 13.4. The van der Waals surface area contributed by atoms with Crippen molar-refractivity contribution >= 4 is 50.9 Å². The number of para-hydroxylation sites is 1. The molecule has 0 bridgehead atoms. The Balaban J connectivity index is 1.36. The third kappa shape index (κ3) is 5.32. The van der Waals surface area contributed by atoms with Gasteiger partial charge in [-0.3, -0.25) is 14.2 Å². The summed E-state index contributed by atoms with van der Waals surface area (Å²) in [6.07, 6.45) is 3.32. The predicted molar refractivity (Wildman–Crippen MR) is 150 cm³/mol. The summed E-state index contributed by atoms with van der Waals surface area (Å²) in [4.78, 5) is 44.6. The van der Waals surface area contributed by atoms with Gasteiger partial charge >= 0.3 is 5.97 Å². The van der Waals surface area contributed by atoms with E-state index >= 15 is 0 Å². The SMILES string of the molecule is COC(=O)c1c(NC(=O)CSc2nc3ccccc3c(=O)n2CCc2ccc(OC)cc2)sc2c1CCC2. The van der Waals surface area contributed by atoms with Gasteiger partial charge in [0.15, 0.2) is 5.16 Å². The fourth-order valence-electron chi connectivity index (χ4n) is 4.59. The molecule has 2 heterocycles. The van der Waals surface area contributed by atoms with Gasteiger partial charge in [0.2, 0.25) is 5.91 Å². The van der Waals surface area contributed by atoms with Gasteiger partial charge in [0.1, 0.15) is 10.8 Å². The molecule has 0 fully saturated rings. The first-order valence-electron chi connectivity index (χ1n) is 12.3. The minimum absolute atomic E-state index is 0.0382. The van der Waals surface area contributed by atoms with Gasteiger partial charge in [-0.1, -0.05) is 36.0 Å². The van der Waals surface area contributed by atoms with Crippen LogP contribution in [0.4, 0.5) is 5.00 Å². The summed E-state index contributed by atoms with van der Waals surface area (Å²) < 4.78 is 11.8. The maximum Gasteiger partial charge on any atom is 0.341 e. The number of nitrogens with zero attached hydrogens (tertiary/aromatic N) is 2. The lowest BCUT2D eigenvalue weighted by Gasteiger charge is -2.13. The van der Waals surface area contributed by atoms with E-state index in [-0.39, 0.29) is 17.2 Å². The lowest BCUT2D eigenvalue weighted by Crippen LogP contribution is -2.25. The number of hydrogen-bond donors (Lipinski definition) is 1. The quantitative estimate of drug-likeness (QED) is 0.183. The van der Waals surface area contributed by atoms with E-state index in [0.717, 1.165) is 41.0 Å². The Kier molecular flexibility index (Phi) is 7.80. The van der Waals surface area contributed by atoms with Crippen LogP contribution in [0.2, 0.25) is 0 Å². The molecule has 0 spiro atoms. The summed E-state index contributed by atoms with van der Waals surface area (Å²) in [5, 5.41) is 4.43. The standard InChI is InChI=1S/C28H27N3O5S2/c1-35-18-12-10-17(11-13-18)14-15-31-26(33)19-6-3-4-8-21(19)29-28(31)37-16-23(32)30-25-24(27(34)36-2)20-7-5-9-22(20)38-25/h3-4,6,8,10-13H,5,7,9,14-16H2,1-2H3,(H,30,32). The summed E-state index contributed by atoms with van der Waals surface area (Å²) in [6, 6.07) is 14.9. The van der Waals surface area contributed by atoms with Crippen LogP contribution in [-0.2, 0) is 35.3 Å². The monoisotopic (exact) mass is 549 g/mol. The van der Waals surface area contributed by atoms with E-state index in [1.165, 1.54) is 30.2 Å². The van der Waals surface area contributed by atoms with E-state index < -0.39 is 5.97 Å². The number of thioether (sulfide) groups is 1. The molecule has 1 aliphatic rings. The number of nitrogens with one attached hydrogen (secondary N) is 1. The molecule has 10 heteroatoms. The topological polar surface area (TPSA) is 99.5 Å². The van der Waals surface area contributed by atoms with Crippen molar-refractivity contribution in [2.75, 3.05) is 25.3 Å². The van der Waals surface area contributed by atoms with Crippen LogP contribution in [0.15, 0.2) is 58.5 Å². The van der Waals surface area contributed by atoms with E-state index in [4.69, 9.17) is 14.5 Å². The largest absolute Gasteiger partial charge is 0.497 e. The first kappa shape index (κ1) is 26.0. The summed E-state index contributed by atoms with van der Waals surface area (Å²) in [7, 11) is 2.97. The molecule has 0 radical (unpaired) electrons. The molecule has 0 aliphatic heterocycles. The van der Waals surface area contributed by atoms with Crippen LogP contribution in [0, 0.1) is 0 Å². The van der Waals surface area contributed by atoms with Gasteiger partial charge in [0, 0.05) is 11.4 Å². The number of thiophene rings is 1. The van der Waals surface area contributed by atoms with E-state index in [0.29, 0.717) is 39.6 Å². The van der Waals surface area contributed by atoms with Gasteiger partial charge in [-0.05, 0) is 61.1 Å². The number of esters is 1. The Bertz CT molecular complexity index is 1560. The van der Waals surface area contributed by atoms with Crippen LogP contribution in [-0.4, -0.2) is 41.4 Å². The third-order valence-electron chi connectivity index (χ3n) is 6.51. The van der Waals surface area contributed by atoms with Crippen molar-refractivity contribution < 1.29 is 19.1 Å². The van der Waals surface area contributed by atoms with Gasteiger partial charge in [-0.25, -0.2) is 9.78 Å². The molecule has 0 atom stereocenters. The Morgan fingerprint density at radius 3 is 2.66 bits per heavy atom. The zero-order chi connectivity index (χ0) is 26.6. The Hall–Kier alpha value is -3.63. The number of aromatic nitrogens is 2. The highest BCUT2D eigenvalue weighted by Gasteiger charge is 2.28. The highest BCUT2D eigenvalue weighted by molar-refractivity contribution is 7.99. The second-order valence-electron chi connectivity index (χ2n) is 8.86. The maximum absolute atomic E-state index is 13.4. The molecule has 2 aromatic heterocycles. The van der Waals surface area contributed by atoms with Crippen LogP contribution in [0.25, 0.3) is 10.9 Å². The molecule has 8 nitrogen and oxygen atoms in total. The van der Waals surface area contributed by atoms with Crippen molar-refractivity contribution in [3.8, 4) is 5.75 Å². The number of rotatable bonds is 9. The lowest BCUT2D eigenvalue weighted by molar-refractivity contribution is -0.113. The number of anilines is 1. The minimum Gasteiger partial charge on any atom is -0.497 e. The normalized spacial score (nSPS) is 12.4. The van der Waals surface area contributed by atoms with Gasteiger partial charge in [0.05, 0.1) is 36.4 Å². The molecular weight excluding hydrogens is 522 g/mol. The molecule has 0 saturated carbocycles. The molecule has 1 amide bonds. The Morgan fingerprint density at radius 2 is 1.89 bits per heavy atom. The lowest BCUT2D eigenvalue weighted by atomic mass is 10.1. The van der Waals surface area contributed by atoms with Crippen LogP contribution in [0.3, 0.4) is 0 Å². The second kappa shape index (κ2) is 11.4. The highest BCUT2D eigenvalue weighted by atomic mass is 32.2. The number of amides is 1. The number of carbonyl (C=O) groups excluding carboxylic acids is 2. The molecule has 38 heavy (non-hydrogen) atoms. The second-order valence-corrected chi connectivity index (χ2v) is 10.9. The number of aryl methyl sites for hydroxylation is 2. The number of benzene rings is 2. The Morgan fingerprint density at radius 1 is 1.11 bits per heavy atom. The van der Waals surface area contributed by atoms with E-state index in [1.54, 1.807) is 23.8 Å². The molecule has 5 rings (SSSR count). The van der Waals surface area contributed by atoms with Crippen LogP contribution < -0.4 is 15.6 Å². The van der Waals surface area contributed by atoms with E-state index in [9.17, 15) is 14.4 Å². The predicted octanol–water partition coefficient (Wildman–Crippen LogP) is 4.72. The van der Waals surface area contributed by atoms with Gasteiger partial charge in [-0.2, -0.15) is 0 Å². The van der Waals surface area contributed by atoms with Crippen molar-refractivity contribution in [3.05, 3.63) is 80.5 Å². The van der Waals surface area contributed by atoms with Crippen molar-refractivity contribution in [1.29, 1.82) is 0 Å². The summed E-state index contributed by atoms with van der Waals surface area (Å²) in [5.41, 5.74) is 2.94. The molecular formula is C28H27N3O5S2. The van der Waals surface area contributed by atoms with Crippen LogP contribution in [0.1, 0.15) is 32.8 Å². The molecule has 196 valence electrons. The zero-order valence-electron chi connectivity index (χ0n) is 21.1.